The van der Waals surface area contributed by atoms with E-state index in [1.54, 1.807) is 0 Å². The predicted molar refractivity (Wildman–Crippen MR) is 112 cm³/mol. The highest BCUT2D eigenvalue weighted by Crippen LogP contribution is 2.36. The first-order valence-electron chi connectivity index (χ1n) is 10.1. The average Bonchev–Trinajstić information content (AvgIpc) is 3.19. The molecule has 4 aromatic rings. The summed E-state index contributed by atoms with van der Waals surface area (Å²) in [5.41, 5.74) is 6.03. The van der Waals surface area contributed by atoms with Crippen LogP contribution in [0.2, 0.25) is 0 Å². The Balaban J connectivity index is 1.50. The molecular weight excluding hydrogens is 358 g/mol. The summed E-state index contributed by atoms with van der Waals surface area (Å²) in [7, 11) is 0. The quantitative estimate of drug-likeness (QED) is 0.498. The summed E-state index contributed by atoms with van der Waals surface area (Å²) in [5, 5.41) is 4.58. The van der Waals surface area contributed by atoms with E-state index in [9.17, 15) is 0 Å². The number of benzene rings is 2. The van der Waals surface area contributed by atoms with Crippen molar-refractivity contribution in [3.05, 3.63) is 119 Å². The summed E-state index contributed by atoms with van der Waals surface area (Å²) < 4.78 is 5.82. The van der Waals surface area contributed by atoms with Crippen molar-refractivity contribution >= 4 is 0 Å². The maximum absolute atomic E-state index is 5.82. The number of pyridine rings is 1. The zero-order chi connectivity index (χ0) is 19.5. The van der Waals surface area contributed by atoms with Crippen LogP contribution < -0.4 is 0 Å². The first-order valence-corrected chi connectivity index (χ1v) is 10.1. The third kappa shape index (κ3) is 3.71. The number of aromatic nitrogens is 2. The molecule has 0 amide bonds. The van der Waals surface area contributed by atoms with E-state index in [2.05, 4.69) is 87.8 Å². The summed E-state index contributed by atoms with van der Waals surface area (Å²) in [4.78, 5) is 6.59. The van der Waals surface area contributed by atoms with E-state index < -0.39 is 0 Å². The first-order chi connectivity index (χ1) is 14.4. The summed E-state index contributed by atoms with van der Waals surface area (Å²) >= 11 is 0. The van der Waals surface area contributed by atoms with Crippen molar-refractivity contribution in [3.63, 3.8) is 0 Å². The molecule has 0 spiro atoms. The molecule has 2 aromatic heterocycles. The molecule has 0 bridgehead atoms. The van der Waals surface area contributed by atoms with E-state index in [-0.39, 0.29) is 5.92 Å². The molecule has 0 aliphatic carbocycles. The minimum atomic E-state index is 0.0748. The second-order valence-corrected chi connectivity index (χ2v) is 7.54. The normalized spacial score (nSPS) is 14.1. The van der Waals surface area contributed by atoms with Crippen LogP contribution in [0.3, 0.4) is 0 Å². The van der Waals surface area contributed by atoms with Gasteiger partial charge >= 0.3 is 0 Å². The summed E-state index contributed by atoms with van der Waals surface area (Å²) in [6, 6.07) is 25.4. The predicted octanol–water partition coefficient (Wildman–Crippen LogP) is 4.81. The molecule has 3 heterocycles. The van der Waals surface area contributed by atoms with Crippen LogP contribution in [0.4, 0.5) is 0 Å². The van der Waals surface area contributed by atoms with Gasteiger partial charge in [0.25, 0.3) is 0 Å². The van der Waals surface area contributed by atoms with Gasteiger partial charge in [0.2, 0.25) is 0 Å². The second-order valence-electron chi connectivity index (χ2n) is 7.54. The topological polar surface area (TPSA) is 42.2 Å². The molecule has 4 nitrogen and oxygen atoms in total. The van der Waals surface area contributed by atoms with Gasteiger partial charge in [-0.3, -0.25) is 9.88 Å². The molecule has 0 fully saturated rings. The minimum absolute atomic E-state index is 0.0748. The van der Waals surface area contributed by atoms with Gasteiger partial charge in [-0.25, -0.2) is 0 Å². The van der Waals surface area contributed by atoms with Crippen molar-refractivity contribution < 1.29 is 4.52 Å². The smallest absolute Gasteiger partial charge is 0.142 e. The first kappa shape index (κ1) is 17.8. The van der Waals surface area contributed by atoms with Gasteiger partial charge in [-0.05, 0) is 28.8 Å². The zero-order valence-electron chi connectivity index (χ0n) is 16.2. The lowest BCUT2D eigenvalue weighted by atomic mass is 9.85. The van der Waals surface area contributed by atoms with Gasteiger partial charge in [0.15, 0.2) is 0 Å². The highest BCUT2D eigenvalue weighted by Gasteiger charge is 2.30. The Morgan fingerprint density at radius 3 is 2.17 bits per heavy atom. The number of nitrogens with zero attached hydrogens (tertiary/aromatic N) is 3. The van der Waals surface area contributed by atoms with E-state index in [4.69, 9.17) is 4.52 Å². The van der Waals surface area contributed by atoms with Crippen LogP contribution in [0.25, 0.3) is 0 Å². The molecule has 144 valence electrons. The third-order valence-electron chi connectivity index (χ3n) is 5.63. The summed E-state index contributed by atoms with van der Waals surface area (Å²) in [6.07, 6.45) is 4.61. The van der Waals surface area contributed by atoms with Crippen molar-refractivity contribution in [2.24, 2.45) is 0 Å². The largest absolute Gasteiger partial charge is 0.361 e. The summed E-state index contributed by atoms with van der Waals surface area (Å²) in [6.45, 7) is 2.74. The fourth-order valence-electron chi connectivity index (χ4n) is 4.19. The standard InChI is InChI=1S/C25H23N3O/c1-3-7-20(8-4-1)24(21-9-5-2-6-10-21)25-22-18-28(16-13-23(22)29-27-25)17-19-11-14-26-15-12-19/h1-12,14-15,24H,13,16-18H2. The van der Waals surface area contributed by atoms with Gasteiger partial charge in [-0.15, -0.1) is 0 Å². The average molecular weight is 381 g/mol. The molecule has 0 radical (unpaired) electrons. The molecule has 1 aliphatic heterocycles. The Kier molecular flexibility index (Phi) is 4.93. The fourth-order valence-corrected chi connectivity index (χ4v) is 4.19. The molecule has 0 atom stereocenters. The molecule has 4 heteroatoms. The second kappa shape index (κ2) is 8.02. The number of hydrogen-bond acceptors (Lipinski definition) is 4. The number of hydrogen-bond donors (Lipinski definition) is 0. The molecule has 29 heavy (non-hydrogen) atoms. The lowest BCUT2D eigenvalue weighted by molar-refractivity contribution is 0.228. The van der Waals surface area contributed by atoms with Crippen LogP contribution in [-0.4, -0.2) is 21.6 Å². The molecule has 2 aromatic carbocycles. The maximum atomic E-state index is 5.82. The fraction of sp³-hybridized carbons (Fsp3) is 0.200. The molecule has 0 unspecified atom stereocenters. The maximum Gasteiger partial charge on any atom is 0.142 e. The van der Waals surface area contributed by atoms with Crippen LogP contribution in [0.5, 0.6) is 0 Å². The monoisotopic (exact) mass is 381 g/mol. The third-order valence-corrected chi connectivity index (χ3v) is 5.63. The van der Waals surface area contributed by atoms with E-state index in [1.807, 2.05) is 12.4 Å². The van der Waals surface area contributed by atoms with Crippen LogP contribution in [0.15, 0.2) is 89.7 Å². The molecule has 0 saturated heterocycles. The summed E-state index contributed by atoms with van der Waals surface area (Å²) in [5.74, 6) is 1.11. The van der Waals surface area contributed by atoms with Crippen molar-refractivity contribution in [2.75, 3.05) is 6.54 Å². The van der Waals surface area contributed by atoms with Gasteiger partial charge in [0.1, 0.15) is 11.5 Å². The molecule has 5 rings (SSSR count). The van der Waals surface area contributed by atoms with Crippen LogP contribution in [0.1, 0.15) is 39.6 Å². The van der Waals surface area contributed by atoms with Gasteiger partial charge in [0, 0.05) is 44.0 Å². The van der Waals surface area contributed by atoms with Gasteiger partial charge in [-0.1, -0.05) is 65.8 Å². The van der Waals surface area contributed by atoms with E-state index in [0.717, 1.165) is 37.5 Å². The highest BCUT2D eigenvalue weighted by atomic mass is 16.5. The molecule has 0 saturated carbocycles. The van der Waals surface area contributed by atoms with E-state index in [0.29, 0.717) is 0 Å². The van der Waals surface area contributed by atoms with Crippen molar-refractivity contribution in [1.29, 1.82) is 0 Å². The van der Waals surface area contributed by atoms with E-state index in [1.165, 1.54) is 22.3 Å². The lowest BCUT2D eigenvalue weighted by Gasteiger charge is -2.27. The Labute approximate surface area is 170 Å². The Bertz CT molecular complexity index is 1020. The Hall–Kier alpha value is -3.24. The van der Waals surface area contributed by atoms with Crippen molar-refractivity contribution in [2.45, 2.75) is 25.4 Å². The van der Waals surface area contributed by atoms with Gasteiger partial charge in [-0.2, -0.15) is 0 Å². The number of rotatable bonds is 5. The molecule has 1 aliphatic rings. The lowest BCUT2D eigenvalue weighted by Crippen LogP contribution is -2.30. The van der Waals surface area contributed by atoms with E-state index >= 15 is 0 Å². The van der Waals surface area contributed by atoms with Gasteiger partial charge < -0.3 is 4.52 Å². The molecular formula is C25H23N3O. The minimum Gasteiger partial charge on any atom is -0.361 e. The van der Waals surface area contributed by atoms with Crippen LogP contribution in [0, 0.1) is 0 Å². The van der Waals surface area contributed by atoms with Crippen LogP contribution in [-0.2, 0) is 19.5 Å². The Morgan fingerprint density at radius 1 is 0.862 bits per heavy atom. The Morgan fingerprint density at radius 2 is 1.52 bits per heavy atom. The SMILES string of the molecule is c1ccc(C(c2ccccc2)c2noc3c2CN(Cc2ccncc2)CC3)cc1. The van der Waals surface area contributed by atoms with Gasteiger partial charge in [0.05, 0.1) is 5.92 Å². The van der Waals surface area contributed by atoms with Crippen molar-refractivity contribution in [3.8, 4) is 0 Å². The highest BCUT2D eigenvalue weighted by molar-refractivity contribution is 5.44. The zero-order valence-corrected chi connectivity index (χ0v) is 16.2. The van der Waals surface area contributed by atoms with Crippen LogP contribution >= 0.6 is 0 Å². The molecule has 0 N–H and O–H groups in total. The van der Waals surface area contributed by atoms with Crippen molar-refractivity contribution in [1.82, 2.24) is 15.0 Å². The number of fused-ring (bicyclic) bond motifs is 1.